The Bertz CT molecular complexity index is 888. The summed E-state index contributed by atoms with van der Waals surface area (Å²) in [7, 11) is 0. The van der Waals surface area contributed by atoms with Crippen molar-refractivity contribution in [2.45, 2.75) is 26.4 Å². The number of ether oxygens (including phenoxy) is 2. The summed E-state index contributed by atoms with van der Waals surface area (Å²) < 4.78 is 10.9. The number of nitro groups is 1. The topological polar surface area (TPSA) is 85.2 Å². The van der Waals surface area contributed by atoms with Crippen molar-refractivity contribution in [3.05, 3.63) is 69.8 Å². The molecule has 0 aromatic heterocycles. The molecule has 2 aromatic rings. The minimum Gasteiger partial charge on any atom is -0.489 e. The van der Waals surface area contributed by atoms with Gasteiger partial charge >= 0.3 is 5.97 Å². The molecule has 8 nitrogen and oxygen atoms in total. The van der Waals surface area contributed by atoms with Crippen molar-refractivity contribution in [2.24, 2.45) is 0 Å². The number of hydrogen-bond acceptors (Lipinski definition) is 7. The van der Waals surface area contributed by atoms with E-state index in [1.807, 2.05) is 31.2 Å². The quantitative estimate of drug-likeness (QED) is 0.266. The number of piperazine rings is 1. The molecule has 3 rings (SSSR count). The van der Waals surface area contributed by atoms with Gasteiger partial charge in [0.05, 0.1) is 17.1 Å². The summed E-state index contributed by atoms with van der Waals surface area (Å²) in [5.41, 5.74) is 1.87. The Kier molecular flexibility index (Phi) is 12.9. The van der Waals surface area contributed by atoms with E-state index < -0.39 is 4.92 Å². The molecule has 0 saturated carbocycles. The zero-order valence-electron chi connectivity index (χ0n) is 19.6. The highest BCUT2D eigenvalue weighted by Crippen LogP contribution is 2.19. The van der Waals surface area contributed by atoms with E-state index in [2.05, 4.69) is 9.80 Å². The lowest BCUT2D eigenvalue weighted by molar-refractivity contribution is -0.384. The smallest absolute Gasteiger partial charge is 0.338 e. The van der Waals surface area contributed by atoms with E-state index in [0.717, 1.165) is 45.7 Å². The van der Waals surface area contributed by atoms with Crippen LogP contribution < -0.4 is 4.74 Å². The van der Waals surface area contributed by atoms with Crippen molar-refractivity contribution in [1.82, 2.24) is 9.80 Å². The fourth-order valence-corrected chi connectivity index (χ4v) is 3.78. The van der Waals surface area contributed by atoms with Crippen LogP contribution in [0.3, 0.4) is 0 Å². The average Bonchev–Trinajstić information content (AvgIpc) is 2.79. The van der Waals surface area contributed by atoms with Gasteiger partial charge in [0.2, 0.25) is 0 Å². The molecule has 0 aliphatic carbocycles. The number of nitrogens with zero attached hydrogens (tertiary/aromatic N) is 3. The van der Waals surface area contributed by atoms with E-state index >= 15 is 0 Å². The third-order valence-corrected chi connectivity index (χ3v) is 5.55. The van der Waals surface area contributed by atoms with Gasteiger partial charge in [-0.25, -0.2) is 4.79 Å². The Morgan fingerprint density at radius 3 is 2.15 bits per heavy atom. The molecule has 1 fully saturated rings. The zero-order chi connectivity index (χ0) is 22.9. The maximum atomic E-state index is 11.7. The largest absolute Gasteiger partial charge is 0.489 e. The van der Waals surface area contributed by atoms with Crippen LogP contribution in [0, 0.1) is 10.1 Å². The van der Waals surface area contributed by atoms with E-state index in [1.54, 1.807) is 19.1 Å². The summed E-state index contributed by atoms with van der Waals surface area (Å²) in [4.78, 5) is 26.9. The van der Waals surface area contributed by atoms with Crippen molar-refractivity contribution in [2.75, 3.05) is 45.9 Å². The number of carbonyl (C=O) groups is 1. The lowest BCUT2D eigenvalue weighted by atomic mass is 10.1. The molecule has 0 bridgehead atoms. The molecule has 10 heteroatoms. The molecule has 1 unspecified atom stereocenters. The van der Waals surface area contributed by atoms with Gasteiger partial charge in [-0.15, -0.1) is 24.8 Å². The van der Waals surface area contributed by atoms with Crippen molar-refractivity contribution < 1.29 is 19.2 Å². The fourth-order valence-electron chi connectivity index (χ4n) is 3.78. The van der Waals surface area contributed by atoms with Gasteiger partial charge in [-0.2, -0.15) is 0 Å². The van der Waals surface area contributed by atoms with Crippen LogP contribution in [0.4, 0.5) is 5.69 Å². The first-order valence-corrected chi connectivity index (χ1v) is 11.1. The monoisotopic (exact) mass is 513 g/mol. The molecule has 188 valence electrons. The maximum Gasteiger partial charge on any atom is 0.338 e. The van der Waals surface area contributed by atoms with E-state index in [0.29, 0.717) is 17.9 Å². The number of nitro benzene ring substituents is 1. The van der Waals surface area contributed by atoms with Gasteiger partial charge in [0.15, 0.2) is 0 Å². The predicted molar refractivity (Wildman–Crippen MR) is 137 cm³/mol. The first-order chi connectivity index (χ1) is 15.4. The lowest BCUT2D eigenvalue weighted by Crippen LogP contribution is -2.49. The van der Waals surface area contributed by atoms with Gasteiger partial charge in [-0.05, 0) is 50.1 Å². The normalized spacial score (nSPS) is 14.9. The molecule has 0 amide bonds. The van der Waals surface area contributed by atoms with Crippen LogP contribution in [0.1, 0.15) is 29.8 Å². The molecule has 34 heavy (non-hydrogen) atoms. The Balaban J connectivity index is 0.00000289. The molecule has 0 radical (unpaired) electrons. The van der Waals surface area contributed by atoms with E-state index in [1.165, 1.54) is 17.7 Å². The van der Waals surface area contributed by atoms with Gasteiger partial charge in [0.1, 0.15) is 11.9 Å². The van der Waals surface area contributed by atoms with Crippen LogP contribution in [-0.2, 0) is 11.2 Å². The van der Waals surface area contributed by atoms with E-state index in [-0.39, 0.29) is 42.6 Å². The lowest BCUT2D eigenvalue weighted by Gasteiger charge is -2.35. The molecule has 2 aromatic carbocycles. The Morgan fingerprint density at radius 1 is 1.00 bits per heavy atom. The highest BCUT2D eigenvalue weighted by atomic mass is 35.5. The van der Waals surface area contributed by atoms with Gasteiger partial charge in [-0.1, -0.05) is 12.1 Å². The van der Waals surface area contributed by atoms with Gasteiger partial charge < -0.3 is 14.4 Å². The number of halogens is 2. The van der Waals surface area contributed by atoms with Gasteiger partial charge in [0.25, 0.3) is 5.69 Å². The number of rotatable bonds is 10. The van der Waals surface area contributed by atoms with Gasteiger partial charge in [0, 0.05) is 51.4 Å². The van der Waals surface area contributed by atoms with Crippen LogP contribution in [0.5, 0.6) is 5.75 Å². The summed E-state index contributed by atoms with van der Waals surface area (Å²) in [5, 5.41) is 10.7. The molecular weight excluding hydrogens is 481 g/mol. The highest BCUT2D eigenvalue weighted by Gasteiger charge is 2.19. The molecule has 0 spiro atoms. The van der Waals surface area contributed by atoms with E-state index in [4.69, 9.17) is 9.47 Å². The summed E-state index contributed by atoms with van der Waals surface area (Å²) in [6.45, 7) is 9.99. The minimum atomic E-state index is -0.411. The second-order valence-corrected chi connectivity index (χ2v) is 7.99. The summed E-state index contributed by atoms with van der Waals surface area (Å²) in [6, 6.07) is 13.9. The third kappa shape index (κ3) is 9.10. The van der Waals surface area contributed by atoms with Crippen molar-refractivity contribution >= 4 is 36.5 Å². The average molecular weight is 514 g/mol. The minimum absolute atomic E-state index is 0. The van der Waals surface area contributed by atoms with Crippen LogP contribution in [-0.4, -0.2) is 72.7 Å². The van der Waals surface area contributed by atoms with Crippen LogP contribution in [0.25, 0.3) is 0 Å². The maximum absolute atomic E-state index is 11.7. The van der Waals surface area contributed by atoms with Crippen LogP contribution >= 0.6 is 24.8 Å². The molecule has 0 N–H and O–H groups in total. The predicted octanol–water partition coefficient (Wildman–Crippen LogP) is 4.24. The molecule has 1 heterocycles. The Hall–Kier alpha value is -2.39. The fraction of sp³-hybridized carbons (Fsp3) is 0.458. The number of esters is 1. The molecule has 1 aliphatic heterocycles. The van der Waals surface area contributed by atoms with Crippen molar-refractivity contribution in [1.29, 1.82) is 0 Å². The number of non-ortho nitro benzene ring substituents is 1. The molecule has 1 atom stereocenters. The highest BCUT2D eigenvalue weighted by molar-refractivity contribution is 5.89. The second-order valence-electron chi connectivity index (χ2n) is 7.99. The van der Waals surface area contributed by atoms with Crippen LogP contribution in [0.2, 0.25) is 0 Å². The first-order valence-electron chi connectivity index (χ1n) is 11.1. The summed E-state index contributed by atoms with van der Waals surface area (Å²) >= 11 is 0. The standard InChI is InChI=1S/C24H31N3O5.2ClH/c1-3-31-24(28)21-6-4-20(5-7-21)12-13-25-14-16-26(17-15-25)18-19(2)32-23-10-8-22(9-11-23)27(29)30;;/h4-11,19H,3,12-18H2,1-2H3;2*1H. The third-order valence-electron chi connectivity index (χ3n) is 5.55. The Morgan fingerprint density at radius 2 is 1.59 bits per heavy atom. The second kappa shape index (κ2) is 14.8. The van der Waals surface area contributed by atoms with Crippen LogP contribution in [0.15, 0.2) is 48.5 Å². The Labute approximate surface area is 213 Å². The molecule has 1 aliphatic rings. The summed E-state index contributed by atoms with van der Waals surface area (Å²) in [5.74, 6) is 0.373. The van der Waals surface area contributed by atoms with Crippen molar-refractivity contribution in [3.8, 4) is 5.75 Å². The van der Waals surface area contributed by atoms with Gasteiger partial charge in [-0.3, -0.25) is 15.0 Å². The molecular formula is C24H33Cl2N3O5. The van der Waals surface area contributed by atoms with E-state index in [9.17, 15) is 14.9 Å². The number of hydrogen-bond donors (Lipinski definition) is 0. The number of benzene rings is 2. The first kappa shape index (κ1) is 29.6. The number of carbonyl (C=O) groups excluding carboxylic acids is 1. The van der Waals surface area contributed by atoms with Crippen molar-refractivity contribution in [3.63, 3.8) is 0 Å². The SMILES string of the molecule is CCOC(=O)c1ccc(CCN2CCN(CC(C)Oc3ccc([N+](=O)[O-])cc3)CC2)cc1.Cl.Cl. The molecule has 1 saturated heterocycles. The summed E-state index contributed by atoms with van der Waals surface area (Å²) in [6.07, 6.45) is 0.948. The zero-order valence-corrected chi connectivity index (χ0v) is 21.2.